The van der Waals surface area contributed by atoms with E-state index in [0.717, 1.165) is 16.2 Å². The normalized spacial score (nSPS) is 17.7. The number of benzene rings is 2. The number of esters is 1. The average molecular weight is 582 g/mol. The number of carbonyl (C=O) groups is 4. The fourth-order valence-corrected chi connectivity index (χ4v) is 6.26. The Labute approximate surface area is 248 Å². The first-order chi connectivity index (χ1) is 19.7. The lowest BCUT2D eigenvalue weighted by atomic mass is 9.87. The molecule has 5 atom stereocenters. The van der Waals surface area contributed by atoms with Crippen LogP contribution in [0.2, 0.25) is 0 Å². The van der Waals surface area contributed by atoms with Crippen LogP contribution in [0.25, 0.3) is 0 Å². The van der Waals surface area contributed by atoms with Crippen LogP contribution in [-0.4, -0.2) is 66.6 Å². The molecule has 1 saturated heterocycles. The van der Waals surface area contributed by atoms with E-state index >= 15 is 0 Å². The summed E-state index contributed by atoms with van der Waals surface area (Å²) < 4.78 is 5.39. The van der Waals surface area contributed by atoms with Crippen molar-refractivity contribution in [1.82, 2.24) is 15.5 Å². The van der Waals surface area contributed by atoms with Crippen molar-refractivity contribution in [2.24, 2.45) is 17.8 Å². The number of likely N-dealkylation sites (tertiary alicyclic amines) is 1. The average Bonchev–Trinajstić information content (AvgIpc) is 3.50. The van der Waals surface area contributed by atoms with Crippen molar-refractivity contribution in [1.29, 1.82) is 0 Å². The molecule has 0 aromatic heterocycles. The number of nitrogens with zero attached hydrogens (tertiary/aromatic N) is 1. The maximum Gasteiger partial charge on any atom is 0.329 e. The van der Waals surface area contributed by atoms with Gasteiger partial charge >= 0.3 is 5.97 Å². The van der Waals surface area contributed by atoms with Gasteiger partial charge in [0, 0.05) is 36.2 Å². The zero-order valence-electron chi connectivity index (χ0n) is 24.5. The summed E-state index contributed by atoms with van der Waals surface area (Å²) in [5, 5.41) is 5.38. The predicted molar refractivity (Wildman–Crippen MR) is 161 cm³/mol. The molecule has 0 bridgehead atoms. The third kappa shape index (κ3) is 9.35. The molecular formula is C32H43N3O5S. The van der Waals surface area contributed by atoms with Gasteiger partial charge < -0.3 is 20.3 Å². The molecule has 1 aliphatic heterocycles. The van der Waals surface area contributed by atoms with Crippen molar-refractivity contribution in [3.63, 3.8) is 0 Å². The van der Waals surface area contributed by atoms with Crippen molar-refractivity contribution in [2.75, 3.05) is 26.0 Å². The van der Waals surface area contributed by atoms with Crippen LogP contribution >= 0.6 is 11.8 Å². The van der Waals surface area contributed by atoms with E-state index in [-0.39, 0.29) is 29.7 Å². The summed E-state index contributed by atoms with van der Waals surface area (Å²) in [6, 6.07) is 19.0. The summed E-state index contributed by atoms with van der Waals surface area (Å²) in [6.07, 6.45) is 2.34. The number of amides is 3. The molecule has 3 amide bonds. The van der Waals surface area contributed by atoms with Crippen LogP contribution in [-0.2, 0) is 30.3 Å². The largest absolute Gasteiger partial charge is 0.454 e. The first kappa shape index (κ1) is 32.2. The molecule has 0 spiro atoms. The van der Waals surface area contributed by atoms with Crippen LogP contribution in [0.4, 0.5) is 0 Å². The van der Waals surface area contributed by atoms with Gasteiger partial charge in [0.25, 0.3) is 5.91 Å². The van der Waals surface area contributed by atoms with E-state index < -0.39 is 30.4 Å². The summed E-state index contributed by atoms with van der Waals surface area (Å²) in [4.78, 5) is 54.4. The molecule has 2 unspecified atom stereocenters. The van der Waals surface area contributed by atoms with Gasteiger partial charge in [-0.05, 0) is 49.3 Å². The summed E-state index contributed by atoms with van der Waals surface area (Å²) in [5.74, 6) is -1.15. The third-order valence-electron chi connectivity index (χ3n) is 7.76. The Morgan fingerprint density at radius 2 is 1.68 bits per heavy atom. The second-order valence-electron chi connectivity index (χ2n) is 10.7. The van der Waals surface area contributed by atoms with Crippen LogP contribution in [0.15, 0.2) is 65.6 Å². The Kier molecular flexibility index (Phi) is 12.7. The predicted octanol–water partition coefficient (Wildman–Crippen LogP) is 4.08. The Hall–Kier alpha value is -3.33. The lowest BCUT2D eigenvalue weighted by Gasteiger charge is -2.31. The molecule has 2 aromatic rings. The minimum atomic E-state index is -0.714. The highest BCUT2D eigenvalue weighted by Crippen LogP contribution is 2.30. The van der Waals surface area contributed by atoms with Gasteiger partial charge in [0.15, 0.2) is 6.61 Å². The van der Waals surface area contributed by atoms with Gasteiger partial charge in [0.1, 0.15) is 6.04 Å². The zero-order chi connectivity index (χ0) is 29.8. The molecule has 0 aliphatic carbocycles. The van der Waals surface area contributed by atoms with Crippen LogP contribution in [0.5, 0.6) is 0 Å². The second-order valence-corrected chi connectivity index (χ2v) is 11.8. The highest BCUT2D eigenvalue weighted by Gasteiger charge is 2.40. The summed E-state index contributed by atoms with van der Waals surface area (Å²) in [7, 11) is 1.55. The highest BCUT2D eigenvalue weighted by atomic mass is 32.2. The lowest BCUT2D eigenvalue weighted by Crippen LogP contribution is -2.48. The van der Waals surface area contributed by atoms with Gasteiger partial charge in [-0.2, -0.15) is 0 Å². The van der Waals surface area contributed by atoms with Crippen molar-refractivity contribution in [3.05, 3.63) is 66.2 Å². The molecular weight excluding hydrogens is 538 g/mol. The monoisotopic (exact) mass is 581 g/mol. The van der Waals surface area contributed by atoms with E-state index in [2.05, 4.69) is 29.7 Å². The van der Waals surface area contributed by atoms with E-state index in [1.165, 1.54) is 0 Å². The Bertz CT molecular complexity index is 1150. The number of nitrogens with one attached hydrogen (secondary N) is 2. The molecule has 8 nitrogen and oxygen atoms in total. The number of carbonyl (C=O) groups excluding carboxylic acids is 4. The minimum absolute atomic E-state index is 0.0515. The van der Waals surface area contributed by atoms with E-state index in [0.29, 0.717) is 32.2 Å². The van der Waals surface area contributed by atoms with Crippen molar-refractivity contribution >= 4 is 35.5 Å². The van der Waals surface area contributed by atoms with Crippen LogP contribution in [0.1, 0.15) is 45.6 Å². The van der Waals surface area contributed by atoms with Gasteiger partial charge in [-0.25, -0.2) is 4.79 Å². The number of hydrogen-bond donors (Lipinski definition) is 2. The molecule has 222 valence electrons. The summed E-state index contributed by atoms with van der Waals surface area (Å²) in [5.41, 5.74) is 1.08. The van der Waals surface area contributed by atoms with E-state index in [9.17, 15) is 19.2 Å². The van der Waals surface area contributed by atoms with E-state index in [1.807, 2.05) is 55.5 Å². The molecule has 2 N–H and O–H groups in total. The number of rotatable bonds is 14. The Morgan fingerprint density at radius 1 is 1.02 bits per heavy atom. The first-order valence-electron chi connectivity index (χ1n) is 14.4. The van der Waals surface area contributed by atoms with Crippen molar-refractivity contribution in [3.8, 4) is 0 Å². The number of thioether (sulfide) groups is 1. The Balaban J connectivity index is 1.64. The number of ether oxygens (including phenoxy) is 1. The fourth-order valence-electron chi connectivity index (χ4n) is 5.22. The highest BCUT2D eigenvalue weighted by molar-refractivity contribution is 7.99. The van der Waals surface area contributed by atoms with Crippen LogP contribution in [0, 0.1) is 17.8 Å². The van der Waals surface area contributed by atoms with Crippen molar-refractivity contribution in [2.45, 2.75) is 63.4 Å². The van der Waals surface area contributed by atoms with Gasteiger partial charge in [-0.15, -0.1) is 11.8 Å². The maximum absolute atomic E-state index is 14.0. The molecule has 2 aromatic carbocycles. The maximum atomic E-state index is 14.0. The zero-order valence-corrected chi connectivity index (χ0v) is 25.3. The van der Waals surface area contributed by atoms with Crippen molar-refractivity contribution < 1.29 is 23.9 Å². The van der Waals surface area contributed by atoms with Gasteiger partial charge in [0.05, 0.1) is 5.92 Å². The van der Waals surface area contributed by atoms with Crippen LogP contribution < -0.4 is 10.6 Å². The molecule has 1 heterocycles. The van der Waals surface area contributed by atoms with Gasteiger partial charge in [-0.3, -0.25) is 14.4 Å². The topological polar surface area (TPSA) is 105 Å². The first-order valence-corrected chi connectivity index (χ1v) is 15.4. The second kappa shape index (κ2) is 16.2. The summed E-state index contributed by atoms with van der Waals surface area (Å²) >= 11 is 1.73. The third-order valence-corrected chi connectivity index (χ3v) is 9.06. The molecule has 1 fully saturated rings. The summed E-state index contributed by atoms with van der Waals surface area (Å²) in [6.45, 7) is 5.75. The van der Waals surface area contributed by atoms with Gasteiger partial charge in [0.2, 0.25) is 11.8 Å². The smallest absolute Gasteiger partial charge is 0.329 e. The molecule has 3 rings (SSSR count). The minimum Gasteiger partial charge on any atom is -0.454 e. The lowest BCUT2D eigenvalue weighted by molar-refractivity contribution is -0.157. The van der Waals surface area contributed by atoms with Crippen LogP contribution in [0.3, 0.4) is 0 Å². The molecule has 0 radical (unpaired) electrons. The standard InChI is InChI=1S/C32H43N3O5S/c1-5-27(23(3)30(37)33-4)34-29(36)20-40-32(39)28-17-12-18-35(28)31(38)26(19-24-13-8-6-9-14-24)22(2)21-41-25-15-10-7-11-16-25/h6-11,13-16,22-23,26-28H,5,12,17-21H2,1-4H3,(H,33,37)(H,34,36)/t22-,23+,26?,27?,28+/m1/s1. The molecule has 9 heteroatoms. The molecule has 1 aliphatic rings. The fraction of sp³-hybridized carbons (Fsp3) is 0.500. The van der Waals surface area contributed by atoms with E-state index in [1.54, 1.807) is 30.6 Å². The Morgan fingerprint density at radius 3 is 2.32 bits per heavy atom. The SMILES string of the molecule is CCC(NC(=O)COC(=O)[C@@H]1CCCN1C(=O)C(Cc1ccccc1)[C@H](C)CSc1ccccc1)[C@H](C)C(=O)NC. The molecule has 0 saturated carbocycles. The van der Waals surface area contributed by atoms with E-state index in [4.69, 9.17) is 4.74 Å². The van der Waals surface area contributed by atoms with Gasteiger partial charge in [-0.1, -0.05) is 69.3 Å². The molecule has 41 heavy (non-hydrogen) atoms. The quantitative estimate of drug-likeness (QED) is 0.257. The number of hydrogen-bond acceptors (Lipinski definition) is 6.